The number of hydrogen-bond donors (Lipinski definition) is 3. The first-order valence-electron chi connectivity index (χ1n) is 9.33. The Labute approximate surface area is 174 Å². The average molecular weight is 418 g/mol. The molecule has 7 heteroatoms. The zero-order chi connectivity index (χ0) is 21.4. The van der Waals surface area contributed by atoms with E-state index in [1.54, 1.807) is 13.0 Å². The summed E-state index contributed by atoms with van der Waals surface area (Å²) in [4.78, 5) is 34.2. The largest absolute Gasteiger partial charge is 0.481 e. The highest BCUT2D eigenvalue weighted by Gasteiger charge is 2.21. The minimum atomic E-state index is -1.01. The number of halogens is 1. The maximum absolute atomic E-state index is 12.3. The van der Waals surface area contributed by atoms with E-state index in [1.165, 1.54) is 0 Å². The van der Waals surface area contributed by atoms with Gasteiger partial charge in [0.1, 0.15) is 0 Å². The SMILES string of the molecule is C[C@H](CCC(=O)O)C(=O)N[C@@H](CC(=O)O)Cc1ccc(-c2cccc(Cl)c2)cc1. The molecule has 0 aromatic heterocycles. The van der Waals surface area contributed by atoms with Gasteiger partial charge in [0.2, 0.25) is 5.91 Å². The van der Waals surface area contributed by atoms with Gasteiger partial charge in [0, 0.05) is 23.4 Å². The van der Waals surface area contributed by atoms with Gasteiger partial charge in [-0.3, -0.25) is 14.4 Å². The summed E-state index contributed by atoms with van der Waals surface area (Å²) in [6, 6.07) is 14.5. The molecule has 3 N–H and O–H groups in total. The number of hydrogen-bond acceptors (Lipinski definition) is 3. The van der Waals surface area contributed by atoms with Crippen LogP contribution >= 0.6 is 11.6 Å². The Balaban J connectivity index is 2.04. The molecule has 154 valence electrons. The van der Waals surface area contributed by atoms with Gasteiger partial charge < -0.3 is 15.5 Å². The molecule has 0 radical (unpaired) electrons. The molecule has 0 spiro atoms. The second-order valence-corrected chi connectivity index (χ2v) is 7.48. The van der Waals surface area contributed by atoms with Crippen LogP contribution in [0.25, 0.3) is 11.1 Å². The molecule has 0 aliphatic carbocycles. The van der Waals surface area contributed by atoms with E-state index in [0.717, 1.165) is 16.7 Å². The van der Waals surface area contributed by atoms with Crippen LogP contribution in [-0.2, 0) is 20.8 Å². The minimum Gasteiger partial charge on any atom is -0.481 e. The van der Waals surface area contributed by atoms with Crippen molar-refractivity contribution in [1.82, 2.24) is 5.32 Å². The molecule has 2 aromatic rings. The van der Waals surface area contributed by atoms with Crippen molar-refractivity contribution in [2.75, 3.05) is 0 Å². The van der Waals surface area contributed by atoms with E-state index in [4.69, 9.17) is 21.8 Å². The maximum Gasteiger partial charge on any atom is 0.305 e. The van der Waals surface area contributed by atoms with Gasteiger partial charge in [-0.05, 0) is 41.7 Å². The summed E-state index contributed by atoms with van der Waals surface area (Å²) in [5.74, 6) is -2.82. The van der Waals surface area contributed by atoms with Gasteiger partial charge in [0.15, 0.2) is 0 Å². The topological polar surface area (TPSA) is 104 Å². The molecule has 0 unspecified atom stereocenters. The quantitative estimate of drug-likeness (QED) is 0.541. The molecule has 1 amide bonds. The highest BCUT2D eigenvalue weighted by Crippen LogP contribution is 2.23. The van der Waals surface area contributed by atoms with Crippen molar-refractivity contribution in [3.05, 3.63) is 59.1 Å². The van der Waals surface area contributed by atoms with Crippen molar-refractivity contribution >= 4 is 29.4 Å². The van der Waals surface area contributed by atoms with Crippen LogP contribution in [0.4, 0.5) is 0 Å². The summed E-state index contributed by atoms with van der Waals surface area (Å²) < 4.78 is 0. The number of rotatable bonds is 10. The van der Waals surface area contributed by atoms with Crippen LogP contribution in [0.3, 0.4) is 0 Å². The fourth-order valence-corrected chi connectivity index (χ4v) is 3.18. The standard InChI is InChI=1S/C22H24ClNO5/c1-14(5-10-20(25)26)22(29)24-19(13-21(27)28)11-15-6-8-16(9-7-15)17-3-2-4-18(23)12-17/h2-4,6-9,12,14,19H,5,10-11,13H2,1H3,(H,24,29)(H,25,26)(H,27,28)/t14-,19-/m1/s1. The normalized spacial score (nSPS) is 12.8. The second-order valence-electron chi connectivity index (χ2n) is 7.05. The number of carbonyl (C=O) groups is 3. The third-order valence-corrected chi connectivity index (χ3v) is 4.84. The summed E-state index contributed by atoms with van der Waals surface area (Å²) in [6.45, 7) is 1.63. The molecule has 0 fully saturated rings. The number of aliphatic carboxylic acids is 2. The van der Waals surface area contributed by atoms with Crippen molar-refractivity contribution in [3.8, 4) is 11.1 Å². The lowest BCUT2D eigenvalue weighted by Gasteiger charge is -2.20. The lowest BCUT2D eigenvalue weighted by molar-refractivity contribution is -0.138. The molecule has 0 heterocycles. The highest BCUT2D eigenvalue weighted by molar-refractivity contribution is 6.30. The Morgan fingerprint density at radius 3 is 2.28 bits per heavy atom. The van der Waals surface area contributed by atoms with Gasteiger partial charge >= 0.3 is 11.9 Å². The van der Waals surface area contributed by atoms with Crippen LogP contribution in [0.5, 0.6) is 0 Å². The van der Waals surface area contributed by atoms with E-state index < -0.39 is 23.9 Å². The van der Waals surface area contributed by atoms with Crippen molar-refractivity contribution in [2.45, 2.75) is 38.6 Å². The van der Waals surface area contributed by atoms with Crippen molar-refractivity contribution in [1.29, 1.82) is 0 Å². The van der Waals surface area contributed by atoms with Crippen LogP contribution in [0.15, 0.2) is 48.5 Å². The van der Waals surface area contributed by atoms with Crippen molar-refractivity contribution in [3.63, 3.8) is 0 Å². The first kappa shape index (κ1) is 22.4. The van der Waals surface area contributed by atoms with E-state index in [0.29, 0.717) is 11.4 Å². The van der Waals surface area contributed by atoms with Crippen LogP contribution in [0.1, 0.15) is 31.7 Å². The van der Waals surface area contributed by atoms with E-state index >= 15 is 0 Å². The van der Waals surface area contributed by atoms with Gasteiger partial charge in [-0.2, -0.15) is 0 Å². The average Bonchev–Trinajstić information content (AvgIpc) is 2.66. The van der Waals surface area contributed by atoms with Gasteiger partial charge in [-0.1, -0.05) is 54.9 Å². The Morgan fingerprint density at radius 1 is 1.00 bits per heavy atom. The highest BCUT2D eigenvalue weighted by atomic mass is 35.5. The molecule has 2 rings (SSSR count). The van der Waals surface area contributed by atoms with E-state index in [1.807, 2.05) is 42.5 Å². The lowest BCUT2D eigenvalue weighted by atomic mass is 9.98. The molecule has 6 nitrogen and oxygen atoms in total. The minimum absolute atomic E-state index is 0.108. The number of nitrogens with one attached hydrogen (secondary N) is 1. The molecule has 0 bridgehead atoms. The number of benzene rings is 2. The van der Waals surface area contributed by atoms with Crippen molar-refractivity contribution < 1.29 is 24.6 Å². The molecule has 0 saturated carbocycles. The Hall–Kier alpha value is -2.86. The Morgan fingerprint density at radius 2 is 1.69 bits per heavy atom. The first-order chi connectivity index (χ1) is 13.7. The number of carbonyl (C=O) groups excluding carboxylic acids is 1. The fraction of sp³-hybridized carbons (Fsp3) is 0.318. The van der Waals surface area contributed by atoms with Gasteiger partial charge in [0.25, 0.3) is 0 Å². The summed E-state index contributed by atoms with van der Waals surface area (Å²) in [5, 5.41) is 21.3. The summed E-state index contributed by atoms with van der Waals surface area (Å²) >= 11 is 6.03. The molecule has 0 aliphatic heterocycles. The predicted molar refractivity (Wildman–Crippen MR) is 111 cm³/mol. The molecule has 2 aromatic carbocycles. The summed E-state index contributed by atoms with van der Waals surface area (Å²) in [5.41, 5.74) is 2.85. The second kappa shape index (κ2) is 10.6. The number of carboxylic acid groups (broad SMARTS) is 2. The van der Waals surface area contributed by atoms with Crippen LogP contribution in [0.2, 0.25) is 5.02 Å². The van der Waals surface area contributed by atoms with Gasteiger partial charge in [0.05, 0.1) is 6.42 Å². The lowest BCUT2D eigenvalue weighted by Crippen LogP contribution is -2.40. The monoisotopic (exact) mass is 417 g/mol. The zero-order valence-electron chi connectivity index (χ0n) is 16.1. The third kappa shape index (κ3) is 7.58. The zero-order valence-corrected chi connectivity index (χ0v) is 16.9. The van der Waals surface area contributed by atoms with Gasteiger partial charge in [-0.15, -0.1) is 0 Å². The third-order valence-electron chi connectivity index (χ3n) is 4.60. The maximum atomic E-state index is 12.3. The molecular formula is C22H24ClNO5. The molecular weight excluding hydrogens is 394 g/mol. The van der Waals surface area contributed by atoms with Crippen LogP contribution in [-0.4, -0.2) is 34.1 Å². The number of amides is 1. The predicted octanol–water partition coefficient (Wildman–Crippen LogP) is 4.01. The Kier molecular flexibility index (Phi) is 8.21. The molecule has 0 saturated heterocycles. The molecule has 0 aliphatic rings. The van der Waals surface area contributed by atoms with Crippen LogP contribution < -0.4 is 5.32 Å². The first-order valence-corrected chi connectivity index (χ1v) is 9.71. The van der Waals surface area contributed by atoms with Gasteiger partial charge in [-0.25, -0.2) is 0 Å². The number of carboxylic acids is 2. The van der Waals surface area contributed by atoms with E-state index in [2.05, 4.69) is 5.32 Å². The molecule has 29 heavy (non-hydrogen) atoms. The smallest absolute Gasteiger partial charge is 0.305 e. The van der Waals surface area contributed by atoms with E-state index in [-0.39, 0.29) is 25.2 Å². The summed E-state index contributed by atoms with van der Waals surface area (Å²) in [7, 11) is 0. The fourth-order valence-electron chi connectivity index (χ4n) is 2.99. The van der Waals surface area contributed by atoms with E-state index in [9.17, 15) is 14.4 Å². The Bertz CT molecular complexity index is 866. The molecule has 2 atom stereocenters. The van der Waals surface area contributed by atoms with Crippen molar-refractivity contribution in [2.24, 2.45) is 5.92 Å². The van der Waals surface area contributed by atoms with Crippen LogP contribution in [0, 0.1) is 5.92 Å². The summed E-state index contributed by atoms with van der Waals surface area (Å²) in [6.07, 6.45) is 0.241.